The van der Waals surface area contributed by atoms with Crippen LogP contribution in [0.3, 0.4) is 0 Å². The lowest BCUT2D eigenvalue weighted by atomic mass is 10.1. The van der Waals surface area contributed by atoms with Crippen molar-refractivity contribution in [2.24, 2.45) is 0 Å². The van der Waals surface area contributed by atoms with Crippen LogP contribution >= 0.6 is 0 Å². The molecule has 0 aromatic heterocycles. The summed E-state index contributed by atoms with van der Waals surface area (Å²) in [6.45, 7) is 0.286. The first-order valence-corrected chi connectivity index (χ1v) is 8.54. The second kappa shape index (κ2) is 8.80. The average Bonchev–Trinajstić information content (AvgIpc) is 2.69. The zero-order valence-electron chi connectivity index (χ0n) is 14.6. The minimum Gasteiger partial charge on any atom is -0.484 e. The fourth-order valence-electron chi connectivity index (χ4n) is 2.58. The van der Waals surface area contributed by atoms with E-state index in [2.05, 4.69) is 10.6 Å². The third-order valence-electron chi connectivity index (χ3n) is 3.94. The van der Waals surface area contributed by atoms with Crippen molar-refractivity contribution in [2.75, 3.05) is 19.7 Å². The van der Waals surface area contributed by atoms with Gasteiger partial charge in [-0.15, -0.1) is 0 Å². The highest BCUT2D eigenvalue weighted by Gasteiger charge is 2.10. The van der Waals surface area contributed by atoms with Crippen LogP contribution in [0.1, 0.15) is 10.4 Å². The fraction of sp³-hybridized carbons (Fsp3) is 0.143. The number of carbonyl (C=O) groups excluding carboxylic acids is 2. The summed E-state index contributed by atoms with van der Waals surface area (Å²) in [5, 5.41) is 7.32. The molecule has 2 N–H and O–H groups in total. The van der Waals surface area contributed by atoms with Crippen molar-refractivity contribution < 1.29 is 18.7 Å². The molecule has 3 rings (SSSR count). The van der Waals surface area contributed by atoms with Crippen LogP contribution in [0, 0.1) is 5.82 Å². The van der Waals surface area contributed by atoms with Gasteiger partial charge in [0.25, 0.3) is 11.8 Å². The molecule has 0 radical (unpaired) electrons. The summed E-state index contributed by atoms with van der Waals surface area (Å²) in [7, 11) is 0. The number of halogens is 1. The third kappa shape index (κ3) is 5.04. The Labute approximate surface area is 156 Å². The first kappa shape index (κ1) is 18.4. The van der Waals surface area contributed by atoms with Gasteiger partial charge in [-0.05, 0) is 35.0 Å². The van der Waals surface area contributed by atoms with Gasteiger partial charge in [0.15, 0.2) is 6.61 Å². The van der Waals surface area contributed by atoms with Gasteiger partial charge in [-0.25, -0.2) is 4.39 Å². The monoisotopic (exact) mass is 366 g/mol. The van der Waals surface area contributed by atoms with Crippen LogP contribution in [0.25, 0.3) is 10.8 Å². The minimum absolute atomic E-state index is 0.0246. The average molecular weight is 366 g/mol. The summed E-state index contributed by atoms with van der Waals surface area (Å²) in [6.07, 6.45) is 0. The van der Waals surface area contributed by atoms with Crippen molar-refractivity contribution in [3.63, 3.8) is 0 Å². The van der Waals surface area contributed by atoms with E-state index < -0.39 is 11.7 Å². The van der Waals surface area contributed by atoms with Gasteiger partial charge in [-0.2, -0.15) is 0 Å². The van der Waals surface area contributed by atoms with E-state index in [4.69, 9.17) is 4.74 Å². The van der Waals surface area contributed by atoms with E-state index in [0.717, 1.165) is 10.8 Å². The summed E-state index contributed by atoms with van der Waals surface area (Å²) in [4.78, 5) is 23.7. The molecule has 0 saturated carbocycles. The number of fused-ring (bicyclic) bond motifs is 1. The maximum atomic E-state index is 13.5. The van der Waals surface area contributed by atoms with Crippen molar-refractivity contribution in [1.29, 1.82) is 0 Å². The van der Waals surface area contributed by atoms with Gasteiger partial charge in [0, 0.05) is 13.1 Å². The molecule has 5 nitrogen and oxygen atoms in total. The molecule has 2 amide bonds. The van der Waals surface area contributed by atoms with Crippen LogP contribution in [0.15, 0.2) is 66.7 Å². The van der Waals surface area contributed by atoms with Crippen LogP contribution < -0.4 is 15.4 Å². The maximum Gasteiger partial charge on any atom is 0.258 e. The Morgan fingerprint density at radius 2 is 1.56 bits per heavy atom. The number of hydrogen-bond acceptors (Lipinski definition) is 3. The maximum absolute atomic E-state index is 13.5. The Morgan fingerprint density at radius 3 is 2.37 bits per heavy atom. The number of ether oxygens (including phenoxy) is 1. The summed E-state index contributed by atoms with van der Waals surface area (Å²) in [5.74, 6) is -0.794. The van der Waals surface area contributed by atoms with Crippen molar-refractivity contribution in [1.82, 2.24) is 10.6 Å². The van der Waals surface area contributed by atoms with Gasteiger partial charge >= 0.3 is 0 Å². The van der Waals surface area contributed by atoms with Gasteiger partial charge in [-0.3, -0.25) is 9.59 Å². The molecule has 3 aromatic carbocycles. The highest BCUT2D eigenvalue weighted by molar-refractivity contribution is 5.94. The predicted molar refractivity (Wildman–Crippen MR) is 101 cm³/mol. The number of amides is 2. The molecular formula is C21H19FN2O3. The topological polar surface area (TPSA) is 67.4 Å². The molecular weight excluding hydrogens is 347 g/mol. The Balaban J connectivity index is 1.39. The summed E-state index contributed by atoms with van der Waals surface area (Å²) in [5.41, 5.74) is -0.0246. The second-order valence-corrected chi connectivity index (χ2v) is 5.88. The van der Waals surface area contributed by atoms with E-state index >= 15 is 0 Å². The molecule has 0 atom stereocenters. The third-order valence-corrected chi connectivity index (χ3v) is 3.94. The number of carbonyl (C=O) groups is 2. The largest absolute Gasteiger partial charge is 0.484 e. The molecule has 27 heavy (non-hydrogen) atoms. The number of rotatable bonds is 7. The molecule has 0 aliphatic carbocycles. The van der Waals surface area contributed by atoms with Crippen LogP contribution in [0.4, 0.5) is 4.39 Å². The molecule has 0 aliphatic rings. The van der Waals surface area contributed by atoms with E-state index in [1.54, 1.807) is 6.07 Å². The molecule has 0 fully saturated rings. The molecule has 3 aromatic rings. The Kier molecular flexibility index (Phi) is 5.99. The standard InChI is InChI=1S/C21H19FN2O3/c22-19-8-4-3-7-18(19)21(26)24-12-11-23-20(25)14-27-17-10-9-15-5-1-2-6-16(15)13-17/h1-10,13H,11-12,14H2,(H,23,25)(H,24,26). The number of benzene rings is 3. The Hall–Kier alpha value is -3.41. The Bertz CT molecular complexity index is 959. The molecule has 0 aliphatic heterocycles. The molecule has 0 spiro atoms. The smallest absolute Gasteiger partial charge is 0.258 e. The fourth-order valence-corrected chi connectivity index (χ4v) is 2.58. The first-order valence-electron chi connectivity index (χ1n) is 8.54. The molecule has 0 bridgehead atoms. The van der Waals surface area contributed by atoms with Gasteiger partial charge in [0.1, 0.15) is 11.6 Å². The van der Waals surface area contributed by atoms with E-state index in [-0.39, 0.29) is 31.2 Å². The van der Waals surface area contributed by atoms with Crippen LogP contribution in [-0.4, -0.2) is 31.5 Å². The quantitative estimate of drug-likeness (QED) is 0.632. The molecule has 138 valence electrons. The number of nitrogens with one attached hydrogen (secondary N) is 2. The lowest BCUT2D eigenvalue weighted by Crippen LogP contribution is -2.37. The molecule has 0 saturated heterocycles. The van der Waals surface area contributed by atoms with Gasteiger partial charge in [0.2, 0.25) is 0 Å². The van der Waals surface area contributed by atoms with Crippen LogP contribution in [0.2, 0.25) is 0 Å². The normalized spacial score (nSPS) is 10.4. The van der Waals surface area contributed by atoms with Crippen LogP contribution in [0.5, 0.6) is 5.75 Å². The SMILES string of the molecule is O=C(COc1ccc2ccccc2c1)NCCNC(=O)c1ccccc1F. The van der Waals surface area contributed by atoms with Crippen molar-refractivity contribution in [3.8, 4) is 5.75 Å². The van der Waals surface area contributed by atoms with E-state index in [0.29, 0.717) is 5.75 Å². The van der Waals surface area contributed by atoms with E-state index in [1.165, 1.54) is 18.2 Å². The zero-order chi connectivity index (χ0) is 19.1. The van der Waals surface area contributed by atoms with Crippen LogP contribution in [-0.2, 0) is 4.79 Å². The van der Waals surface area contributed by atoms with Gasteiger partial charge < -0.3 is 15.4 Å². The van der Waals surface area contributed by atoms with Crippen molar-refractivity contribution >= 4 is 22.6 Å². The van der Waals surface area contributed by atoms with Crippen molar-refractivity contribution in [3.05, 3.63) is 78.1 Å². The summed E-state index contributed by atoms with van der Waals surface area (Å²) < 4.78 is 19.0. The van der Waals surface area contributed by atoms with Crippen molar-refractivity contribution in [2.45, 2.75) is 0 Å². The highest BCUT2D eigenvalue weighted by Crippen LogP contribution is 2.20. The molecule has 0 heterocycles. The lowest BCUT2D eigenvalue weighted by Gasteiger charge is -2.09. The first-order chi connectivity index (χ1) is 13.1. The molecule has 0 unspecified atom stereocenters. The lowest BCUT2D eigenvalue weighted by molar-refractivity contribution is -0.123. The summed E-state index contributed by atoms with van der Waals surface area (Å²) in [6, 6.07) is 19.2. The molecule has 6 heteroatoms. The van der Waals surface area contributed by atoms with E-state index in [9.17, 15) is 14.0 Å². The van der Waals surface area contributed by atoms with Gasteiger partial charge in [0.05, 0.1) is 5.56 Å². The minimum atomic E-state index is -0.581. The predicted octanol–water partition coefficient (Wildman–Crippen LogP) is 2.90. The van der Waals surface area contributed by atoms with Gasteiger partial charge in [-0.1, -0.05) is 42.5 Å². The second-order valence-electron chi connectivity index (χ2n) is 5.88. The highest BCUT2D eigenvalue weighted by atomic mass is 19.1. The zero-order valence-corrected chi connectivity index (χ0v) is 14.6. The Morgan fingerprint density at radius 1 is 0.852 bits per heavy atom. The number of hydrogen-bond donors (Lipinski definition) is 2. The summed E-state index contributed by atoms with van der Waals surface area (Å²) >= 11 is 0. The van der Waals surface area contributed by atoms with E-state index in [1.807, 2.05) is 42.5 Å².